The molecular weight excluding hydrogens is 328 g/mol. The van der Waals surface area contributed by atoms with E-state index in [4.69, 9.17) is 5.11 Å². The van der Waals surface area contributed by atoms with E-state index in [1.54, 1.807) is 16.8 Å². The van der Waals surface area contributed by atoms with Crippen LogP contribution < -0.4 is 10.0 Å². The molecule has 9 heteroatoms. The van der Waals surface area contributed by atoms with Gasteiger partial charge in [0.1, 0.15) is 6.54 Å². The van der Waals surface area contributed by atoms with Gasteiger partial charge in [-0.1, -0.05) is 0 Å². The van der Waals surface area contributed by atoms with E-state index < -0.39 is 22.5 Å². The van der Waals surface area contributed by atoms with Gasteiger partial charge in [0.2, 0.25) is 10.0 Å². The fourth-order valence-corrected chi connectivity index (χ4v) is 3.16. The number of hydrogen-bond acceptors (Lipinski definition) is 5. The van der Waals surface area contributed by atoms with Crippen molar-refractivity contribution in [2.75, 3.05) is 11.9 Å². The Morgan fingerprint density at radius 1 is 1.14 bits per heavy atom. The van der Waals surface area contributed by atoms with Gasteiger partial charge in [-0.25, -0.2) is 8.42 Å². The third kappa shape index (κ3) is 4.13. The van der Waals surface area contributed by atoms with Crippen molar-refractivity contribution in [3.05, 3.63) is 46.7 Å². The number of rotatable bonds is 6. The van der Waals surface area contributed by atoms with Gasteiger partial charge >= 0.3 is 5.97 Å². The van der Waals surface area contributed by atoms with Crippen molar-refractivity contribution < 1.29 is 23.1 Å². The van der Waals surface area contributed by atoms with Crippen LogP contribution >= 0.6 is 11.3 Å². The molecule has 0 atom stereocenters. The number of carbonyl (C=O) groups excluding carboxylic acids is 1. The Morgan fingerprint density at radius 3 is 2.36 bits per heavy atom. The maximum Gasteiger partial charge on any atom is 0.318 e. The van der Waals surface area contributed by atoms with Crippen molar-refractivity contribution in [3.8, 4) is 0 Å². The first-order chi connectivity index (χ1) is 10.4. The molecule has 2 rings (SSSR count). The molecule has 0 aliphatic carbocycles. The predicted octanol–water partition coefficient (Wildman–Crippen LogP) is 1.36. The van der Waals surface area contributed by atoms with Gasteiger partial charge in [-0.2, -0.15) is 16.1 Å². The van der Waals surface area contributed by atoms with Gasteiger partial charge in [0, 0.05) is 11.1 Å². The van der Waals surface area contributed by atoms with E-state index in [0.717, 1.165) is 0 Å². The molecule has 1 aromatic carbocycles. The molecule has 0 unspecified atom stereocenters. The van der Waals surface area contributed by atoms with Crippen molar-refractivity contribution >= 4 is 38.9 Å². The molecule has 0 aliphatic rings. The van der Waals surface area contributed by atoms with E-state index in [9.17, 15) is 18.0 Å². The molecule has 0 saturated heterocycles. The molecular formula is C13H12N2O5S2. The van der Waals surface area contributed by atoms with Crippen LogP contribution in [0.3, 0.4) is 0 Å². The molecule has 1 heterocycles. The second kappa shape index (κ2) is 6.69. The average molecular weight is 340 g/mol. The molecule has 1 amide bonds. The molecule has 2 aromatic rings. The average Bonchev–Trinajstić information content (AvgIpc) is 3.00. The SMILES string of the molecule is O=C(O)CNS(=O)(=O)c1ccc(NC(=O)c2ccsc2)cc1. The lowest BCUT2D eigenvalue weighted by atomic mass is 10.3. The number of amides is 1. The number of hydrogen-bond donors (Lipinski definition) is 3. The molecule has 3 N–H and O–H groups in total. The number of nitrogens with one attached hydrogen (secondary N) is 2. The molecule has 0 bridgehead atoms. The minimum absolute atomic E-state index is 0.0812. The van der Waals surface area contributed by atoms with Crippen LogP contribution in [0.15, 0.2) is 46.0 Å². The summed E-state index contributed by atoms with van der Waals surface area (Å²) in [6, 6.07) is 7.11. The Kier molecular flexibility index (Phi) is 4.91. The first kappa shape index (κ1) is 16.1. The zero-order chi connectivity index (χ0) is 16.2. The molecule has 0 aliphatic heterocycles. The van der Waals surface area contributed by atoms with Gasteiger partial charge < -0.3 is 10.4 Å². The van der Waals surface area contributed by atoms with E-state index in [2.05, 4.69) is 5.32 Å². The molecule has 7 nitrogen and oxygen atoms in total. The van der Waals surface area contributed by atoms with Gasteiger partial charge in [0.25, 0.3) is 5.91 Å². The Bertz CT molecular complexity index is 767. The molecule has 116 valence electrons. The number of anilines is 1. The van der Waals surface area contributed by atoms with Gasteiger partial charge in [0.05, 0.1) is 10.5 Å². The summed E-state index contributed by atoms with van der Waals surface area (Å²) in [5, 5.41) is 14.6. The highest BCUT2D eigenvalue weighted by Crippen LogP contribution is 2.15. The monoisotopic (exact) mass is 340 g/mol. The van der Waals surface area contributed by atoms with Crippen LogP contribution in [-0.4, -0.2) is 31.9 Å². The maximum atomic E-state index is 11.8. The summed E-state index contributed by atoms with van der Waals surface area (Å²) in [7, 11) is -3.89. The third-order valence-corrected chi connectivity index (χ3v) is 4.72. The number of benzene rings is 1. The molecule has 0 spiro atoms. The summed E-state index contributed by atoms with van der Waals surface area (Å²) in [6.45, 7) is -0.695. The smallest absolute Gasteiger partial charge is 0.318 e. The van der Waals surface area contributed by atoms with E-state index >= 15 is 0 Å². The molecule has 22 heavy (non-hydrogen) atoms. The standard InChI is InChI=1S/C13H12N2O5S2/c16-12(17)7-14-22(19,20)11-3-1-10(2-4-11)15-13(18)9-5-6-21-8-9/h1-6,8,14H,7H2,(H,15,18)(H,16,17). The summed E-state index contributed by atoms with van der Waals surface area (Å²) in [5.41, 5.74) is 0.957. The van der Waals surface area contributed by atoms with Gasteiger partial charge in [-0.05, 0) is 35.7 Å². The molecule has 1 aromatic heterocycles. The number of sulfonamides is 1. The molecule has 0 saturated carbocycles. The summed E-state index contributed by atoms with van der Waals surface area (Å²) >= 11 is 1.40. The van der Waals surface area contributed by atoms with Gasteiger partial charge in [-0.3, -0.25) is 9.59 Å². The van der Waals surface area contributed by atoms with E-state index in [-0.39, 0.29) is 10.8 Å². The third-order valence-electron chi connectivity index (χ3n) is 2.62. The summed E-state index contributed by atoms with van der Waals surface area (Å²) in [4.78, 5) is 22.1. The topological polar surface area (TPSA) is 113 Å². The Balaban J connectivity index is 2.07. The highest BCUT2D eigenvalue weighted by Gasteiger charge is 2.15. The number of thiophene rings is 1. The lowest BCUT2D eigenvalue weighted by Crippen LogP contribution is -2.29. The second-order valence-electron chi connectivity index (χ2n) is 4.21. The molecule has 0 fully saturated rings. The number of carboxylic acid groups (broad SMARTS) is 1. The van der Waals surface area contributed by atoms with Gasteiger partial charge in [0.15, 0.2) is 0 Å². The summed E-state index contributed by atoms with van der Waals surface area (Å²) < 4.78 is 25.5. The van der Waals surface area contributed by atoms with Crippen molar-refractivity contribution in [3.63, 3.8) is 0 Å². The van der Waals surface area contributed by atoms with Crippen LogP contribution in [0.4, 0.5) is 5.69 Å². The summed E-state index contributed by atoms with van der Waals surface area (Å²) in [5.74, 6) is -1.57. The van der Waals surface area contributed by atoms with E-state index in [1.165, 1.54) is 35.6 Å². The number of carboxylic acids is 1. The quantitative estimate of drug-likeness (QED) is 0.735. The Hall–Kier alpha value is -2.23. The minimum atomic E-state index is -3.89. The maximum absolute atomic E-state index is 11.8. The second-order valence-corrected chi connectivity index (χ2v) is 6.76. The van der Waals surface area contributed by atoms with Crippen molar-refractivity contribution in [2.24, 2.45) is 0 Å². The highest BCUT2D eigenvalue weighted by molar-refractivity contribution is 7.89. The number of aliphatic carboxylic acids is 1. The molecule has 0 radical (unpaired) electrons. The zero-order valence-electron chi connectivity index (χ0n) is 11.1. The Morgan fingerprint density at radius 2 is 1.82 bits per heavy atom. The van der Waals surface area contributed by atoms with Crippen LogP contribution in [0.25, 0.3) is 0 Å². The van der Waals surface area contributed by atoms with Crippen LogP contribution in [0.5, 0.6) is 0 Å². The minimum Gasteiger partial charge on any atom is -0.480 e. The van der Waals surface area contributed by atoms with E-state index in [1.807, 2.05) is 4.72 Å². The first-order valence-corrected chi connectivity index (χ1v) is 8.46. The van der Waals surface area contributed by atoms with Crippen molar-refractivity contribution in [2.45, 2.75) is 4.90 Å². The lowest BCUT2D eigenvalue weighted by molar-refractivity contribution is -0.135. The first-order valence-electron chi connectivity index (χ1n) is 6.03. The Labute approximate surface area is 130 Å². The fraction of sp³-hybridized carbons (Fsp3) is 0.0769. The largest absolute Gasteiger partial charge is 0.480 e. The van der Waals surface area contributed by atoms with Crippen LogP contribution in [0, 0.1) is 0 Å². The lowest BCUT2D eigenvalue weighted by Gasteiger charge is -2.07. The van der Waals surface area contributed by atoms with Crippen molar-refractivity contribution in [1.82, 2.24) is 4.72 Å². The zero-order valence-corrected chi connectivity index (χ0v) is 12.8. The predicted molar refractivity (Wildman–Crippen MR) is 81.5 cm³/mol. The normalized spacial score (nSPS) is 11.1. The summed E-state index contributed by atoms with van der Waals surface area (Å²) in [6.07, 6.45) is 0. The van der Waals surface area contributed by atoms with Crippen LogP contribution in [0.2, 0.25) is 0 Å². The van der Waals surface area contributed by atoms with Crippen LogP contribution in [0.1, 0.15) is 10.4 Å². The van der Waals surface area contributed by atoms with E-state index in [0.29, 0.717) is 11.3 Å². The highest BCUT2D eigenvalue weighted by atomic mass is 32.2. The van der Waals surface area contributed by atoms with Crippen molar-refractivity contribution in [1.29, 1.82) is 0 Å². The number of carbonyl (C=O) groups is 2. The fourth-order valence-electron chi connectivity index (χ4n) is 1.55. The van der Waals surface area contributed by atoms with Gasteiger partial charge in [-0.15, -0.1) is 0 Å². The van der Waals surface area contributed by atoms with Crippen LogP contribution in [-0.2, 0) is 14.8 Å².